The highest BCUT2D eigenvalue weighted by atomic mass is 15.1. The lowest BCUT2D eigenvalue weighted by Crippen LogP contribution is -2.16. The number of fused-ring (bicyclic) bond motifs is 7. The van der Waals surface area contributed by atoms with Gasteiger partial charge < -0.3 is 9.47 Å². The average molecular weight is 517 g/mol. The van der Waals surface area contributed by atoms with Crippen molar-refractivity contribution in [1.29, 1.82) is 0 Å². The van der Waals surface area contributed by atoms with Crippen LogP contribution in [0.5, 0.6) is 0 Å². The molecular weight excluding hydrogens is 484 g/mol. The fourth-order valence-corrected chi connectivity index (χ4v) is 7.25. The summed E-state index contributed by atoms with van der Waals surface area (Å²) in [6, 6.07) is 38.2. The summed E-state index contributed by atoms with van der Waals surface area (Å²) in [5.41, 5.74) is 13.2. The monoisotopic (exact) mass is 516 g/mol. The Balaban J connectivity index is 1.29. The van der Waals surface area contributed by atoms with Crippen molar-refractivity contribution in [1.82, 2.24) is 4.57 Å². The first-order chi connectivity index (χ1) is 19.5. The summed E-state index contributed by atoms with van der Waals surface area (Å²) in [6.45, 7) is 4.70. The highest BCUT2D eigenvalue weighted by Crippen LogP contribution is 2.50. The summed E-state index contributed by atoms with van der Waals surface area (Å²) in [6.07, 6.45) is 6.83. The molecule has 0 aliphatic heterocycles. The predicted octanol–water partition coefficient (Wildman–Crippen LogP) is 9.82. The molecule has 0 saturated carbocycles. The first kappa shape index (κ1) is 23.3. The largest absolute Gasteiger partial charge is 0.344 e. The van der Waals surface area contributed by atoms with E-state index in [9.17, 15) is 0 Å². The number of benzene rings is 5. The third-order valence-electron chi connectivity index (χ3n) is 9.29. The molecule has 0 saturated heterocycles. The van der Waals surface area contributed by atoms with Crippen molar-refractivity contribution >= 4 is 39.1 Å². The lowest BCUT2D eigenvalue weighted by molar-refractivity contribution is 0.660. The van der Waals surface area contributed by atoms with Gasteiger partial charge in [0.25, 0.3) is 0 Å². The Hall–Kier alpha value is -4.56. The molecule has 6 aromatic rings. The SMILES string of the molecule is CN(c1ccc2c(c1)C(C)(C)c1ccccc1-2)c1cccc2c(-n3c4c(c5ccccc53)CCC=C4)cccc12. The smallest absolute Gasteiger partial charge is 0.0541 e. The molecule has 2 nitrogen and oxygen atoms in total. The molecule has 8 rings (SSSR count). The second-order valence-electron chi connectivity index (χ2n) is 11.8. The van der Waals surface area contributed by atoms with Crippen LogP contribution in [0.2, 0.25) is 0 Å². The second kappa shape index (κ2) is 8.47. The lowest BCUT2D eigenvalue weighted by atomic mass is 9.82. The van der Waals surface area contributed by atoms with Gasteiger partial charge in [0, 0.05) is 45.7 Å². The molecule has 1 aromatic heterocycles. The highest BCUT2D eigenvalue weighted by molar-refractivity contribution is 6.03. The lowest BCUT2D eigenvalue weighted by Gasteiger charge is -2.26. The van der Waals surface area contributed by atoms with Crippen LogP contribution in [0.1, 0.15) is 42.7 Å². The summed E-state index contributed by atoms with van der Waals surface area (Å²) in [5, 5.41) is 3.90. The van der Waals surface area contributed by atoms with Crippen molar-refractivity contribution < 1.29 is 0 Å². The summed E-state index contributed by atoms with van der Waals surface area (Å²) in [7, 11) is 2.20. The number of allylic oxidation sites excluding steroid dienone is 1. The molecule has 0 radical (unpaired) electrons. The van der Waals surface area contributed by atoms with Gasteiger partial charge in [-0.2, -0.15) is 0 Å². The Morgan fingerprint density at radius 3 is 2.38 bits per heavy atom. The van der Waals surface area contributed by atoms with Crippen LogP contribution in [0.15, 0.2) is 109 Å². The van der Waals surface area contributed by atoms with Crippen LogP contribution in [0.4, 0.5) is 11.4 Å². The summed E-state index contributed by atoms with van der Waals surface area (Å²) >= 11 is 0. The molecule has 40 heavy (non-hydrogen) atoms. The van der Waals surface area contributed by atoms with E-state index in [1.54, 1.807) is 0 Å². The van der Waals surface area contributed by atoms with Crippen LogP contribution in [-0.4, -0.2) is 11.6 Å². The molecule has 2 aliphatic rings. The van der Waals surface area contributed by atoms with Crippen molar-refractivity contribution in [3.8, 4) is 16.8 Å². The Kier molecular flexibility index (Phi) is 4.94. The molecule has 5 aromatic carbocycles. The van der Waals surface area contributed by atoms with Crippen molar-refractivity contribution in [2.75, 3.05) is 11.9 Å². The maximum atomic E-state index is 2.47. The van der Waals surface area contributed by atoms with E-state index in [0.717, 1.165) is 12.8 Å². The average Bonchev–Trinajstić information content (AvgIpc) is 3.45. The van der Waals surface area contributed by atoms with Crippen LogP contribution in [0, 0.1) is 0 Å². The number of anilines is 2. The molecular formula is C38H32N2. The molecule has 1 heterocycles. The van der Waals surface area contributed by atoms with Crippen LogP contribution >= 0.6 is 0 Å². The van der Waals surface area contributed by atoms with E-state index in [-0.39, 0.29) is 5.41 Å². The third-order valence-corrected chi connectivity index (χ3v) is 9.29. The second-order valence-corrected chi connectivity index (χ2v) is 11.8. The van der Waals surface area contributed by atoms with Crippen LogP contribution in [0.3, 0.4) is 0 Å². The van der Waals surface area contributed by atoms with E-state index in [1.807, 2.05) is 0 Å². The zero-order valence-corrected chi connectivity index (χ0v) is 23.3. The van der Waals surface area contributed by atoms with Gasteiger partial charge in [-0.25, -0.2) is 0 Å². The number of hydrogen-bond acceptors (Lipinski definition) is 1. The van der Waals surface area contributed by atoms with Crippen LogP contribution in [-0.2, 0) is 11.8 Å². The highest BCUT2D eigenvalue weighted by Gasteiger charge is 2.35. The van der Waals surface area contributed by atoms with E-state index in [1.165, 1.54) is 72.2 Å². The molecule has 0 N–H and O–H groups in total. The molecule has 0 atom stereocenters. The van der Waals surface area contributed by atoms with Crippen molar-refractivity contribution in [2.45, 2.75) is 32.1 Å². The minimum absolute atomic E-state index is 0.0171. The van der Waals surface area contributed by atoms with Gasteiger partial charge in [0.1, 0.15) is 0 Å². The van der Waals surface area contributed by atoms with E-state index >= 15 is 0 Å². The van der Waals surface area contributed by atoms with Gasteiger partial charge in [-0.1, -0.05) is 92.7 Å². The van der Waals surface area contributed by atoms with Gasteiger partial charge >= 0.3 is 0 Å². The maximum absolute atomic E-state index is 2.47. The molecule has 194 valence electrons. The number of nitrogens with zero attached hydrogens (tertiary/aromatic N) is 2. The predicted molar refractivity (Wildman–Crippen MR) is 170 cm³/mol. The van der Waals surface area contributed by atoms with Gasteiger partial charge in [-0.15, -0.1) is 0 Å². The van der Waals surface area contributed by atoms with E-state index in [2.05, 4.69) is 146 Å². The fraction of sp³-hybridized carbons (Fsp3) is 0.158. The zero-order chi connectivity index (χ0) is 27.0. The topological polar surface area (TPSA) is 8.17 Å². The molecule has 0 unspecified atom stereocenters. The third kappa shape index (κ3) is 3.17. The van der Waals surface area contributed by atoms with E-state index in [0.29, 0.717) is 0 Å². The molecule has 2 heteroatoms. The Morgan fingerprint density at radius 1 is 0.700 bits per heavy atom. The number of rotatable bonds is 3. The normalized spacial score (nSPS) is 14.8. The summed E-state index contributed by atoms with van der Waals surface area (Å²) in [5.74, 6) is 0. The fourth-order valence-electron chi connectivity index (χ4n) is 7.25. The number of hydrogen-bond donors (Lipinski definition) is 0. The summed E-state index contributed by atoms with van der Waals surface area (Å²) < 4.78 is 2.47. The van der Waals surface area contributed by atoms with Gasteiger partial charge in [-0.3, -0.25) is 0 Å². The van der Waals surface area contributed by atoms with Crippen LogP contribution < -0.4 is 4.90 Å². The first-order valence-electron chi connectivity index (χ1n) is 14.3. The minimum Gasteiger partial charge on any atom is -0.344 e. The van der Waals surface area contributed by atoms with Gasteiger partial charge in [0.15, 0.2) is 0 Å². The Labute approximate surface area is 235 Å². The van der Waals surface area contributed by atoms with Crippen molar-refractivity contribution in [3.63, 3.8) is 0 Å². The van der Waals surface area contributed by atoms with Crippen molar-refractivity contribution in [2.24, 2.45) is 0 Å². The molecule has 0 amide bonds. The number of aromatic nitrogens is 1. The number of para-hydroxylation sites is 1. The molecule has 0 spiro atoms. The van der Waals surface area contributed by atoms with Crippen LogP contribution in [0.25, 0.3) is 44.6 Å². The standard InChI is InChI=1S/C38H32N2/c1-38(2)32-17-7-4-12-26(32)27-23-22-25(24-33(27)38)39(3)34-20-10-16-31-28(34)15-11-21-37(31)40-35-18-8-5-13-29(35)30-14-6-9-19-36(30)40/h4-5,7-13,15-24H,6,14H2,1-3H3. The Bertz CT molecular complexity index is 2000. The molecule has 2 aliphatic carbocycles. The minimum atomic E-state index is -0.0171. The van der Waals surface area contributed by atoms with Crippen molar-refractivity contribution in [3.05, 3.63) is 132 Å². The molecule has 0 fully saturated rings. The van der Waals surface area contributed by atoms with E-state index in [4.69, 9.17) is 0 Å². The Morgan fingerprint density at radius 2 is 1.45 bits per heavy atom. The van der Waals surface area contributed by atoms with Gasteiger partial charge in [0.05, 0.1) is 11.2 Å². The first-order valence-corrected chi connectivity index (χ1v) is 14.3. The quantitative estimate of drug-likeness (QED) is 0.227. The number of aryl methyl sites for hydroxylation is 1. The molecule has 0 bridgehead atoms. The van der Waals surface area contributed by atoms with Gasteiger partial charge in [-0.05, 0) is 77.1 Å². The zero-order valence-electron chi connectivity index (χ0n) is 23.3. The maximum Gasteiger partial charge on any atom is 0.0541 e. The van der Waals surface area contributed by atoms with E-state index < -0.39 is 0 Å². The summed E-state index contributed by atoms with van der Waals surface area (Å²) in [4.78, 5) is 2.36. The van der Waals surface area contributed by atoms with Gasteiger partial charge in [0.2, 0.25) is 0 Å².